The van der Waals surface area contributed by atoms with Crippen LogP contribution in [-0.4, -0.2) is 21.9 Å². The second-order valence-corrected chi connectivity index (χ2v) is 5.42. The molecule has 0 radical (unpaired) electrons. The fourth-order valence-electron chi connectivity index (χ4n) is 2.24. The van der Waals surface area contributed by atoms with Crippen molar-refractivity contribution in [3.8, 4) is 0 Å². The lowest BCUT2D eigenvalue weighted by atomic mass is 10.2. The molecular weight excluding hydrogens is 288 g/mol. The maximum atomic E-state index is 11.7. The van der Waals surface area contributed by atoms with E-state index in [9.17, 15) is 10.4 Å². The summed E-state index contributed by atoms with van der Waals surface area (Å²) in [7, 11) is 0. The monoisotopic (exact) mass is 310 g/mol. The zero-order chi connectivity index (χ0) is 16.3. The highest BCUT2D eigenvalue weighted by Crippen LogP contribution is 2.01. The van der Waals surface area contributed by atoms with Gasteiger partial charge in [0.25, 0.3) is 0 Å². The van der Waals surface area contributed by atoms with Crippen LogP contribution in [0.2, 0.25) is 0 Å². The minimum Gasteiger partial charge on any atom is -0.624 e. The van der Waals surface area contributed by atoms with E-state index in [-0.39, 0.29) is 0 Å². The van der Waals surface area contributed by atoms with Gasteiger partial charge in [0, 0.05) is 24.0 Å². The predicted octanol–water partition coefficient (Wildman–Crippen LogP) is 3.72. The minimum absolute atomic E-state index is 0.367. The van der Waals surface area contributed by atoms with Crippen LogP contribution in [0.1, 0.15) is 30.4 Å². The lowest BCUT2D eigenvalue weighted by Crippen LogP contribution is -2.06. The Bertz CT molecular complexity index is 579. The minimum atomic E-state index is 0.367. The summed E-state index contributed by atoms with van der Waals surface area (Å²) in [5, 5.41) is 23.5. The van der Waals surface area contributed by atoms with Crippen molar-refractivity contribution in [1.82, 2.24) is 0 Å². The predicted molar refractivity (Wildman–Crippen MR) is 93.5 cm³/mol. The average molecular weight is 310 g/mol. The normalized spacial score (nSPS) is 12.3. The van der Waals surface area contributed by atoms with Crippen LogP contribution in [0.3, 0.4) is 0 Å². The first-order valence-corrected chi connectivity index (χ1v) is 7.86. The number of rotatable bonds is 8. The van der Waals surface area contributed by atoms with Gasteiger partial charge in [0.05, 0.1) is 0 Å². The van der Waals surface area contributed by atoms with E-state index in [4.69, 9.17) is 0 Å². The van der Waals surface area contributed by atoms with Crippen molar-refractivity contribution in [3.63, 3.8) is 0 Å². The Hall–Kier alpha value is -2.62. The van der Waals surface area contributed by atoms with E-state index in [1.807, 2.05) is 60.7 Å². The number of hydrogen-bond acceptors (Lipinski definition) is 2. The molecule has 0 bridgehead atoms. The van der Waals surface area contributed by atoms with Gasteiger partial charge in [-0.25, -0.2) is 9.48 Å². The van der Waals surface area contributed by atoms with Gasteiger partial charge in [-0.1, -0.05) is 60.7 Å². The number of nitrogens with zero attached hydrogens (tertiary/aromatic N) is 2. The highest BCUT2D eigenvalue weighted by molar-refractivity contribution is 5.55. The number of hydroxylamine groups is 2. The van der Waals surface area contributed by atoms with Crippen molar-refractivity contribution in [1.29, 1.82) is 0 Å². The fourth-order valence-corrected chi connectivity index (χ4v) is 2.24. The summed E-state index contributed by atoms with van der Waals surface area (Å²) in [6, 6.07) is 19.3. The van der Waals surface area contributed by atoms with Crippen LogP contribution in [0.4, 0.5) is 0 Å². The molecule has 0 spiro atoms. The third kappa shape index (κ3) is 6.78. The Labute approximate surface area is 137 Å². The van der Waals surface area contributed by atoms with E-state index in [2.05, 4.69) is 0 Å². The number of benzene rings is 2. The highest BCUT2D eigenvalue weighted by Gasteiger charge is 1.99. The van der Waals surface area contributed by atoms with Gasteiger partial charge in [-0.2, -0.15) is 0 Å². The summed E-state index contributed by atoms with van der Waals surface area (Å²) in [5.74, 6) is 0. The van der Waals surface area contributed by atoms with Gasteiger partial charge < -0.3 is 10.4 Å². The van der Waals surface area contributed by atoms with Gasteiger partial charge in [-0.3, -0.25) is 0 Å². The molecule has 4 nitrogen and oxygen atoms in total. The molecule has 0 aliphatic rings. The second-order valence-electron chi connectivity index (χ2n) is 5.42. The molecule has 2 aromatic rings. The lowest BCUT2D eigenvalue weighted by Gasteiger charge is -2.04. The average Bonchev–Trinajstić information content (AvgIpc) is 2.56. The SMILES string of the molecule is [O-]/[N+](=C\CCC/C=[N+](\[O-])Cc1ccccc1)Cc1ccccc1. The molecular formula is C19H22N2O2. The van der Waals surface area contributed by atoms with Crippen LogP contribution in [0.5, 0.6) is 0 Å². The first kappa shape index (κ1) is 16.7. The molecule has 0 heterocycles. The van der Waals surface area contributed by atoms with Crippen molar-refractivity contribution in [3.05, 3.63) is 82.2 Å². The Kier molecular flexibility index (Phi) is 6.85. The van der Waals surface area contributed by atoms with E-state index in [1.165, 1.54) is 0 Å². The highest BCUT2D eigenvalue weighted by atomic mass is 16.5. The van der Waals surface area contributed by atoms with Gasteiger partial charge in [0.15, 0.2) is 25.5 Å². The molecule has 0 aliphatic heterocycles. The maximum absolute atomic E-state index is 11.7. The molecule has 0 aliphatic carbocycles. The van der Waals surface area contributed by atoms with E-state index in [1.54, 1.807) is 12.4 Å². The molecule has 0 saturated carbocycles. The van der Waals surface area contributed by atoms with Crippen LogP contribution >= 0.6 is 0 Å². The van der Waals surface area contributed by atoms with Crippen LogP contribution < -0.4 is 0 Å². The smallest absolute Gasteiger partial charge is 0.178 e. The fraction of sp³-hybridized carbons (Fsp3) is 0.263. The third-order valence-electron chi connectivity index (χ3n) is 3.44. The molecule has 120 valence electrons. The summed E-state index contributed by atoms with van der Waals surface area (Å²) in [6.45, 7) is 0.735. The summed E-state index contributed by atoms with van der Waals surface area (Å²) in [6.07, 6.45) is 5.43. The Morgan fingerprint density at radius 3 is 1.43 bits per heavy atom. The molecule has 0 N–H and O–H groups in total. The lowest BCUT2D eigenvalue weighted by molar-refractivity contribution is -0.471. The van der Waals surface area contributed by atoms with Crippen molar-refractivity contribution in [2.45, 2.75) is 32.4 Å². The van der Waals surface area contributed by atoms with Crippen LogP contribution in [0, 0.1) is 10.4 Å². The van der Waals surface area contributed by atoms with Gasteiger partial charge in [0.1, 0.15) is 0 Å². The van der Waals surface area contributed by atoms with Gasteiger partial charge in [-0.15, -0.1) is 0 Å². The summed E-state index contributed by atoms with van der Waals surface area (Å²) in [5.41, 5.74) is 2.00. The topological polar surface area (TPSA) is 52.1 Å². The molecule has 2 rings (SSSR count). The number of hydrogen-bond donors (Lipinski definition) is 0. The van der Waals surface area contributed by atoms with Gasteiger partial charge in [-0.05, 0) is 6.42 Å². The quantitative estimate of drug-likeness (QED) is 0.245. The Morgan fingerprint density at radius 2 is 1.04 bits per heavy atom. The third-order valence-corrected chi connectivity index (χ3v) is 3.44. The first-order chi connectivity index (χ1) is 11.2. The Balaban J connectivity index is 1.68. The van der Waals surface area contributed by atoms with Crippen molar-refractivity contribution < 1.29 is 9.48 Å². The van der Waals surface area contributed by atoms with Crippen LogP contribution in [0.15, 0.2) is 60.7 Å². The van der Waals surface area contributed by atoms with Gasteiger partial charge in [0.2, 0.25) is 0 Å². The molecule has 2 aromatic carbocycles. The van der Waals surface area contributed by atoms with Crippen molar-refractivity contribution in [2.24, 2.45) is 0 Å². The maximum Gasteiger partial charge on any atom is 0.178 e. The first-order valence-electron chi connectivity index (χ1n) is 7.86. The molecule has 0 amide bonds. The van der Waals surface area contributed by atoms with E-state index in [0.29, 0.717) is 25.9 Å². The molecule has 0 unspecified atom stereocenters. The number of unbranched alkanes of at least 4 members (excludes halogenated alkanes) is 2. The zero-order valence-corrected chi connectivity index (χ0v) is 13.2. The molecule has 0 atom stereocenters. The Morgan fingerprint density at radius 1 is 0.652 bits per heavy atom. The summed E-state index contributed by atoms with van der Waals surface area (Å²) >= 11 is 0. The largest absolute Gasteiger partial charge is 0.624 e. The van der Waals surface area contributed by atoms with Crippen molar-refractivity contribution in [2.75, 3.05) is 0 Å². The molecule has 0 fully saturated rings. The summed E-state index contributed by atoms with van der Waals surface area (Å²) < 4.78 is 1.91. The van der Waals surface area contributed by atoms with E-state index in [0.717, 1.165) is 27.0 Å². The molecule has 0 saturated heterocycles. The van der Waals surface area contributed by atoms with Crippen LogP contribution in [0.25, 0.3) is 0 Å². The standard InChI is InChI=1S/C19H22N2O2/c22-20(16-18-10-4-1-5-11-18)14-8-3-9-15-21(23)17-19-12-6-2-7-13-19/h1-2,4-7,10-15H,3,8-9,16-17H2/b20-14-,21-15-. The van der Waals surface area contributed by atoms with Crippen LogP contribution in [-0.2, 0) is 13.1 Å². The molecule has 23 heavy (non-hydrogen) atoms. The molecule has 0 aromatic heterocycles. The zero-order valence-electron chi connectivity index (χ0n) is 13.2. The van der Waals surface area contributed by atoms with E-state index < -0.39 is 0 Å². The van der Waals surface area contributed by atoms with E-state index >= 15 is 0 Å². The molecule has 4 heteroatoms. The second kappa shape index (κ2) is 9.41. The van der Waals surface area contributed by atoms with Gasteiger partial charge >= 0.3 is 0 Å². The summed E-state index contributed by atoms with van der Waals surface area (Å²) in [4.78, 5) is 0. The van der Waals surface area contributed by atoms with Crippen molar-refractivity contribution >= 4 is 12.4 Å².